The molecule has 0 aromatic heterocycles. The molecule has 3 aromatic carbocycles. The fraction of sp³-hybridized carbons (Fsp3) is 0.333. The van der Waals surface area contributed by atoms with Crippen LogP contribution in [0, 0.1) is 16.0 Å². The molecule has 0 aliphatic rings. The summed E-state index contributed by atoms with van der Waals surface area (Å²) in [5, 5.41) is 14.4. The number of rotatable bonds is 14. The molecule has 0 fully saturated rings. The van der Waals surface area contributed by atoms with E-state index in [1.54, 1.807) is 25.1 Å². The van der Waals surface area contributed by atoms with E-state index in [0.29, 0.717) is 19.4 Å². The van der Waals surface area contributed by atoms with Crippen molar-refractivity contribution in [1.82, 2.24) is 10.2 Å². The van der Waals surface area contributed by atoms with Gasteiger partial charge in [0.05, 0.1) is 15.5 Å². The molecule has 1 N–H and O–H groups in total. The van der Waals surface area contributed by atoms with Gasteiger partial charge in [0.2, 0.25) is 11.8 Å². The van der Waals surface area contributed by atoms with Crippen LogP contribution in [0.2, 0.25) is 0 Å². The Morgan fingerprint density at radius 2 is 1.59 bits per heavy atom. The Balaban J connectivity index is 2.03. The number of anilines is 1. The maximum absolute atomic E-state index is 14.0. The molecule has 0 radical (unpaired) electrons. The van der Waals surface area contributed by atoms with E-state index in [0.717, 1.165) is 15.9 Å². The van der Waals surface area contributed by atoms with Crippen molar-refractivity contribution in [1.29, 1.82) is 0 Å². The molecule has 0 aliphatic carbocycles. The van der Waals surface area contributed by atoms with Gasteiger partial charge < -0.3 is 10.2 Å². The Morgan fingerprint density at radius 3 is 2.17 bits per heavy atom. The number of nitro groups is 1. The Bertz CT molecular complexity index is 1430. The number of benzene rings is 3. The number of hydrogen-bond donors (Lipinski definition) is 1. The number of amides is 2. The average molecular weight is 581 g/mol. The van der Waals surface area contributed by atoms with Crippen LogP contribution >= 0.6 is 0 Å². The molecule has 218 valence electrons. The minimum atomic E-state index is -4.30. The number of non-ortho nitro benzene ring substituents is 1. The van der Waals surface area contributed by atoms with Gasteiger partial charge in [-0.3, -0.25) is 24.0 Å². The molecule has 2 amide bonds. The predicted octanol–water partition coefficient (Wildman–Crippen LogP) is 4.41. The summed E-state index contributed by atoms with van der Waals surface area (Å²) < 4.78 is 28.5. The molecule has 3 rings (SSSR count). The quantitative estimate of drug-likeness (QED) is 0.222. The molecule has 0 bridgehead atoms. The summed E-state index contributed by atoms with van der Waals surface area (Å²) in [4.78, 5) is 39.4. The van der Waals surface area contributed by atoms with Gasteiger partial charge in [-0.05, 0) is 42.5 Å². The Kier molecular flexibility index (Phi) is 11.0. The third kappa shape index (κ3) is 8.37. The highest BCUT2D eigenvalue weighted by molar-refractivity contribution is 7.92. The van der Waals surface area contributed by atoms with Crippen LogP contribution < -0.4 is 9.62 Å². The Morgan fingerprint density at radius 1 is 0.951 bits per heavy atom. The van der Waals surface area contributed by atoms with E-state index in [4.69, 9.17) is 0 Å². The topological polar surface area (TPSA) is 130 Å². The maximum Gasteiger partial charge on any atom is 0.271 e. The van der Waals surface area contributed by atoms with E-state index in [1.807, 2.05) is 44.2 Å². The van der Waals surface area contributed by atoms with Crippen molar-refractivity contribution in [2.75, 3.05) is 23.9 Å². The van der Waals surface area contributed by atoms with Crippen LogP contribution in [0.3, 0.4) is 0 Å². The molecule has 1 atom stereocenters. The summed E-state index contributed by atoms with van der Waals surface area (Å²) in [5.41, 5.74) is 0.607. The van der Waals surface area contributed by atoms with E-state index >= 15 is 0 Å². The zero-order chi connectivity index (χ0) is 30.0. The third-order valence-electron chi connectivity index (χ3n) is 6.49. The molecule has 0 saturated heterocycles. The summed E-state index contributed by atoms with van der Waals surface area (Å²) in [6, 6.07) is 21.3. The monoisotopic (exact) mass is 580 g/mol. The SMILES string of the molecule is CC[C@@H](C(=O)NCC(C)C)N(CCc1ccccc1)C(=O)CN(c1cccc([N+](=O)[O-])c1)S(=O)(=O)c1ccccc1. The Labute approximate surface area is 241 Å². The lowest BCUT2D eigenvalue weighted by Crippen LogP contribution is -2.53. The molecule has 0 unspecified atom stereocenters. The number of carbonyl (C=O) groups is 2. The summed E-state index contributed by atoms with van der Waals surface area (Å²) >= 11 is 0. The van der Waals surface area contributed by atoms with Crippen molar-refractivity contribution < 1.29 is 22.9 Å². The van der Waals surface area contributed by atoms with E-state index in [1.165, 1.54) is 35.2 Å². The van der Waals surface area contributed by atoms with Crippen molar-refractivity contribution >= 4 is 33.2 Å². The van der Waals surface area contributed by atoms with Crippen LogP contribution in [-0.4, -0.2) is 55.7 Å². The number of hydrogen-bond acceptors (Lipinski definition) is 6. The van der Waals surface area contributed by atoms with Crippen LogP contribution in [-0.2, 0) is 26.0 Å². The molecule has 0 aliphatic heterocycles. The van der Waals surface area contributed by atoms with E-state index in [2.05, 4.69) is 5.32 Å². The smallest absolute Gasteiger partial charge is 0.271 e. The predicted molar refractivity (Wildman–Crippen MR) is 158 cm³/mol. The first-order valence-electron chi connectivity index (χ1n) is 13.5. The number of nitrogens with zero attached hydrogens (tertiary/aromatic N) is 3. The summed E-state index contributed by atoms with van der Waals surface area (Å²) in [6.45, 7) is 5.67. The first-order valence-corrected chi connectivity index (χ1v) is 14.9. The number of carbonyl (C=O) groups excluding carboxylic acids is 2. The molecular formula is C30H36N4O6S. The normalized spacial score (nSPS) is 12.0. The van der Waals surface area contributed by atoms with E-state index in [-0.39, 0.29) is 34.6 Å². The summed E-state index contributed by atoms with van der Waals surface area (Å²) in [7, 11) is -4.30. The van der Waals surface area contributed by atoms with E-state index in [9.17, 15) is 28.1 Å². The van der Waals surface area contributed by atoms with Gasteiger partial charge in [-0.2, -0.15) is 0 Å². The van der Waals surface area contributed by atoms with Gasteiger partial charge in [-0.1, -0.05) is 75.4 Å². The van der Waals surface area contributed by atoms with Crippen LogP contribution in [0.5, 0.6) is 0 Å². The fourth-order valence-corrected chi connectivity index (χ4v) is 5.76. The highest BCUT2D eigenvalue weighted by Gasteiger charge is 2.33. The van der Waals surface area contributed by atoms with Crippen LogP contribution in [0.25, 0.3) is 0 Å². The summed E-state index contributed by atoms with van der Waals surface area (Å²) in [6.07, 6.45) is 0.759. The number of nitro benzene ring substituents is 1. The largest absolute Gasteiger partial charge is 0.354 e. The second kappa shape index (κ2) is 14.4. The number of sulfonamides is 1. The standard InChI is InChI=1S/C30H36N4O6S/c1-4-28(30(36)31-21-23(2)3)32(19-18-24-12-7-5-8-13-24)29(35)22-33(25-14-11-15-26(20-25)34(37)38)41(39,40)27-16-9-6-10-17-27/h5-17,20,23,28H,4,18-19,21-22H2,1-3H3,(H,31,36)/t28-/m0/s1. The Hall–Kier alpha value is -4.25. The fourth-order valence-electron chi connectivity index (χ4n) is 4.33. The van der Waals surface area contributed by atoms with Crippen LogP contribution in [0.1, 0.15) is 32.8 Å². The van der Waals surface area contributed by atoms with Gasteiger partial charge >= 0.3 is 0 Å². The first kappa shape index (κ1) is 31.3. The molecule has 0 heterocycles. The lowest BCUT2D eigenvalue weighted by Gasteiger charge is -2.33. The van der Waals surface area contributed by atoms with Crippen molar-refractivity contribution in [3.05, 3.63) is 101 Å². The zero-order valence-electron chi connectivity index (χ0n) is 23.5. The van der Waals surface area contributed by atoms with Gasteiger partial charge in [0.25, 0.3) is 15.7 Å². The van der Waals surface area contributed by atoms with Crippen molar-refractivity contribution in [3.8, 4) is 0 Å². The van der Waals surface area contributed by atoms with Gasteiger partial charge in [-0.25, -0.2) is 8.42 Å². The van der Waals surface area contributed by atoms with Crippen molar-refractivity contribution in [2.45, 2.75) is 44.6 Å². The molecular weight excluding hydrogens is 544 g/mol. The van der Waals surface area contributed by atoms with Crippen molar-refractivity contribution in [3.63, 3.8) is 0 Å². The lowest BCUT2D eigenvalue weighted by molar-refractivity contribution is -0.384. The van der Waals surface area contributed by atoms with Gasteiger partial charge in [0.1, 0.15) is 12.6 Å². The van der Waals surface area contributed by atoms with Crippen LogP contribution in [0.15, 0.2) is 89.8 Å². The van der Waals surface area contributed by atoms with Gasteiger partial charge in [0, 0.05) is 25.2 Å². The first-order chi connectivity index (χ1) is 19.5. The second-order valence-electron chi connectivity index (χ2n) is 9.99. The molecule has 3 aromatic rings. The zero-order valence-corrected chi connectivity index (χ0v) is 24.3. The molecule has 0 saturated carbocycles. The maximum atomic E-state index is 14.0. The van der Waals surface area contributed by atoms with E-state index < -0.39 is 33.4 Å². The minimum absolute atomic E-state index is 0.0308. The molecule has 41 heavy (non-hydrogen) atoms. The molecule has 0 spiro atoms. The molecule has 10 nitrogen and oxygen atoms in total. The van der Waals surface area contributed by atoms with Crippen molar-refractivity contribution in [2.24, 2.45) is 5.92 Å². The van der Waals surface area contributed by atoms with Crippen LogP contribution in [0.4, 0.5) is 11.4 Å². The highest BCUT2D eigenvalue weighted by atomic mass is 32.2. The average Bonchev–Trinajstić information content (AvgIpc) is 2.97. The van der Waals surface area contributed by atoms with Gasteiger partial charge in [0.15, 0.2) is 0 Å². The number of nitrogens with one attached hydrogen (secondary N) is 1. The third-order valence-corrected chi connectivity index (χ3v) is 8.28. The lowest BCUT2D eigenvalue weighted by atomic mass is 10.1. The van der Waals surface area contributed by atoms with Gasteiger partial charge in [-0.15, -0.1) is 0 Å². The minimum Gasteiger partial charge on any atom is -0.354 e. The second-order valence-corrected chi connectivity index (χ2v) is 11.8. The highest BCUT2D eigenvalue weighted by Crippen LogP contribution is 2.27. The molecule has 11 heteroatoms. The summed E-state index contributed by atoms with van der Waals surface area (Å²) in [5.74, 6) is -0.723.